The number of amides is 2. The smallest absolute Gasteiger partial charge is 0.283 e. The highest BCUT2D eigenvalue weighted by molar-refractivity contribution is 14.1. The van der Waals surface area contributed by atoms with Crippen LogP contribution in [0.1, 0.15) is 38.9 Å². The molecule has 2 atom stereocenters. The highest BCUT2D eigenvalue weighted by Crippen LogP contribution is 2.36. The number of carbonyl (C=O) groups is 2. The van der Waals surface area contributed by atoms with Crippen LogP contribution in [0.3, 0.4) is 0 Å². The highest BCUT2D eigenvalue weighted by atomic mass is 127. The first-order valence-electron chi connectivity index (χ1n) is 9.18. The van der Waals surface area contributed by atoms with Crippen molar-refractivity contribution < 1.29 is 28.2 Å². The minimum absolute atomic E-state index is 0.0812. The Kier molecular flexibility index (Phi) is 5.92. The number of ether oxygens (including phenoxy) is 1. The van der Waals surface area contributed by atoms with Gasteiger partial charge in [0.25, 0.3) is 11.8 Å². The lowest BCUT2D eigenvalue weighted by molar-refractivity contribution is 0.0106. The minimum Gasteiger partial charge on any atom is -0.503 e. The van der Waals surface area contributed by atoms with Gasteiger partial charge in [-0.2, -0.15) is 0 Å². The fraction of sp³-hybridized carbons (Fsp3) is 0.316. The number of hydrogen-bond acceptors (Lipinski definition) is 5. The molecular formula is C19H15ClF2IN3O5. The molecule has 2 N–H and O–H groups in total. The monoisotopic (exact) mass is 565 g/mol. The van der Waals surface area contributed by atoms with Crippen molar-refractivity contribution in [1.82, 2.24) is 13.0 Å². The molecule has 1 fully saturated rings. The Balaban J connectivity index is 1.68. The first-order chi connectivity index (χ1) is 14.7. The predicted octanol–water partition coefficient (Wildman–Crippen LogP) is 2.55. The molecule has 1 aromatic carbocycles. The third-order valence-electron chi connectivity index (χ3n) is 5.35. The second-order valence-corrected chi connectivity index (χ2v) is 8.53. The molecule has 0 spiro atoms. The average molecular weight is 566 g/mol. The van der Waals surface area contributed by atoms with E-state index in [-0.39, 0.29) is 36.5 Å². The minimum atomic E-state index is -1.02. The van der Waals surface area contributed by atoms with Gasteiger partial charge < -0.3 is 19.7 Å². The van der Waals surface area contributed by atoms with Crippen LogP contribution in [0.4, 0.5) is 8.78 Å². The molecule has 2 aromatic rings. The number of halogens is 4. The average Bonchev–Trinajstić information content (AvgIpc) is 2.77. The number of nitrogens with one attached hydrogen (secondary N) is 1. The van der Waals surface area contributed by atoms with Gasteiger partial charge in [0.1, 0.15) is 22.2 Å². The van der Waals surface area contributed by atoms with E-state index in [1.807, 2.05) is 22.9 Å². The summed E-state index contributed by atoms with van der Waals surface area (Å²) in [4.78, 5) is 38.0. The molecular weight excluding hydrogens is 551 g/mol. The second kappa shape index (κ2) is 8.36. The van der Waals surface area contributed by atoms with Gasteiger partial charge in [-0.25, -0.2) is 8.78 Å². The van der Waals surface area contributed by atoms with Crippen LogP contribution in [-0.4, -0.2) is 43.9 Å². The van der Waals surface area contributed by atoms with Crippen LogP contribution in [0, 0.1) is 11.6 Å². The van der Waals surface area contributed by atoms with E-state index >= 15 is 0 Å². The fourth-order valence-electron chi connectivity index (χ4n) is 3.73. The van der Waals surface area contributed by atoms with E-state index in [2.05, 4.69) is 5.32 Å². The third-order valence-corrected chi connectivity index (χ3v) is 6.85. The number of fused-ring (bicyclic) bond motifs is 3. The lowest BCUT2D eigenvalue weighted by atomic mass is 9.98. The lowest BCUT2D eigenvalue weighted by Crippen LogP contribution is -2.51. The van der Waals surface area contributed by atoms with Crippen molar-refractivity contribution in [3.8, 4) is 5.75 Å². The zero-order valence-corrected chi connectivity index (χ0v) is 18.6. The Morgan fingerprint density at radius 2 is 2.06 bits per heavy atom. The number of aromatic hydroxyl groups is 1. The summed E-state index contributed by atoms with van der Waals surface area (Å²) in [7, 11) is 0. The largest absolute Gasteiger partial charge is 0.503 e. The highest BCUT2D eigenvalue weighted by Gasteiger charge is 2.43. The fourth-order valence-corrected chi connectivity index (χ4v) is 4.68. The summed E-state index contributed by atoms with van der Waals surface area (Å²) >= 11 is 7.35. The van der Waals surface area contributed by atoms with E-state index < -0.39 is 45.2 Å². The topological polar surface area (TPSA) is 101 Å². The van der Waals surface area contributed by atoms with Crippen LogP contribution in [0.25, 0.3) is 0 Å². The van der Waals surface area contributed by atoms with Crippen LogP contribution in [0.15, 0.2) is 23.1 Å². The van der Waals surface area contributed by atoms with Gasteiger partial charge in [-0.1, -0.05) is 17.7 Å². The molecule has 0 bridgehead atoms. The van der Waals surface area contributed by atoms with Crippen LogP contribution in [-0.2, 0) is 11.3 Å². The molecule has 2 aliphatic heterocycles. The van der Waals surface area contributed by atoms with Crippen molar-refractivity contribution >= 4 is 46.3 Å². The Bertz CT molecular complexity index is 1160. The molecule has 2 unspecified atom stereocenters. The molecule has 4 rings (SSSR count). The number of hydrogen-bond donors (Lipinski definition) is 2. The normalized spacial score (nSPS) is 20.3. The Hall–Kier alpha value is -2.25. The Morgan fingerprint density at radius 1 is 1.32 bits per heavy atom. The molecule has 12 heteroatoms. The molecule has 1 aromatic heterocycles. The molecule has 164 valence electrons. The van der Waals surface area contributed by atoms with Gasteiger partial charge in [0, 0.05) is 24.9 Å². The van der Waals surface area contributed by atoms with E-state index in [4.69, 9.17) is 16.3 Å². The van der Waals surface area contributed by atoms with Gasteiger partial charge in [-0.15, -0.1) is 0 Å². The quantitative estimate of drug-likeness (QED) is 0.339. The Morgan fingerprint density at radius 3 is 2.81 bits per heavy atom. The van der Waals surface area contributed by atoms with Crippen molar-refractivity contribution in [1.29, 1.82) is 0 Å². The van der Waals surface area contributed by atoms with Gasteiger partial charge in [-0.05, 0) is 12.5 Å². The summed E-state index contributed by atoms with van der Waals surface area (Å²) in [5, 5.41) is 12.1. The summed E-state index contributed by atoms with van der Waals surface area (Å²) < 4.78 is 35.6. The SMILES string of the molecule is O=C(NCc1ccc(F)c(Cl)c1F)c1cn2c(c(O)c1=O)C(=O)N(I)C1COCCC12. The van der Waals surface area contributed by atoms with Gasteiger partial charge in [0.15, 0.2) is 11.4 Å². The van der Waals surface area contributed by atoms with Gasteiger partial charge >= 0.3 is 0 Å². The molecule has 31 heavy (non-hydrogen) atoms. The number of aromatic nitrogens is 1. The maximum atomic E-state index is 14.1. The van der Waals surface area contributed by atoms with Crippen molar-refractivity contribution in [3.05, 3.63) is 62.0 Å². The molecule has 0 saturated carbocycles. The van der Waals surface area contributed by atoms with E-state index in [0.29, 0.717) is 13.0 Å². The zero-order valence-electron chi connectivity index (χ0n) is 15.7. The molecule has 3 heterocycles. The standard InChI is InChI=1S/C19H15ClF2IN3O5/c20-13-10(21)2-1-8(14(13)22)5-24-18(29)9-6-25-11-3-4-31-7-12(11)26(23)19(30)15(25)17(28)16(9)27/h1-2,6,11-12,28H,3-5,7H2,(H,24,29). The van der Waals surface area contributed by atoms with Crippen molar-refractivity contribution in [3.63, 3.8) is 0 Å². The lowest BCUT2D eigenvalue weighted by Gasteiger charge is -2.42. The van der Waals surface area contributed by atoms with Gasteiger partial charge in [0.2, 0.25) is 5.43 Å². The van der Waals surface area contributed by atoms with Crippen LogP contribution in [0.5, 0.6) is 5.75 Å². The second-order valence-electron chi connectivity index (χ2n) is 7.11. The van der Waals surface area contributed by atoms with Crippen LogP contribution in [0.2, 0.25) is 5.02 Å². The van der Waals surface area contributed by atoms with Crippen LogP contribution < -0.4 is 10.7 Å². The van der Waals surface area contributed by atoms with E-state index in [0.717, 1.165) is 12.1 Å². The summed E-state index contributed by atoms with van der Waals surface area (Å²) in [5.41, 5.74) is -1.71. The van der Waals surface area contributed by atoms with Crippen molar-refractivity contribution in [2.24, 2.45) is 0 Å². The Labute approximate surface area is 193 Å². The number of carbonyl (C=O) groups excluding carboxylic acids is 2. The van der Waals surface area contributed by atoms with E-state index in [1.54, 1.807) is 0 Å². The third kappa shape index (κ3) is 3.68. The molecule has 2 aliphatic rings. The summed E-state index contributed by atoms with van der Waals surface area (Å²) in [6.45, 7) is 0.322. The zero-order chi connectivity index (χ0) is 22.4. The summed E-state index contributed by atoms with van der Waals surface area (Å²) in [6, 6.07) is 1.44. The molecule has 1 saturated heterocycles. The molecule has 0 aliphatic carbocycles. The van der Waals surface area contributed by atoms with E-state index in [1.165, 1.54) is 13.9 Å². The molecule has 0 radical (unpaired) electrons. The predicted molar refractivity (Wildman–Crippen MR) is 113 cm³/mol. The summed E-state index contributed by atoms with van der Waals surface area (Å²) in [6.07, 6.45) is 1.73. The summed E-state index contributed by atoms with van der Waals surface area (Å²) in [5.74, 6) is -4.25. The maximum Gasteiger partial charge on any atom is 0.283 e. The number of nitrogens with zero attached hydrogens (tertiary/aromatic N) is 2. The van der Waals surface area contributed by atoms with E-state index in [9.17, 15) is 28.3 Å². The van der Waals surface area contributed by atoms with Gasteiger partial charge in [-0.3, -0.25) is 17.5 Å². The van der Waals surface area contributed by atoms with Crippen molar-refractivity contribution in [2.75, 3.05) is 13.2 Å². The van der Waals surface area contributed by atoms with Gasteiger partial charge in [0.05, 0.1) is 41.6 Å². The number of benzene rings is 1. The molecule has 8 nitrogen and oxygen atoms in total. The van der Waals surface area contributed by atoms with Crippen LogP contribution >= 0.6 is 34.5 Å². The first-order valence-corrected chi connectivity index (χ1v) is 10.5. The van der Waals surface area contributed by atoms with Crippen molar-refractivity contribution in [2.45, 2.75) is 25.0 Å². The molecule has 2 amide bonds. The number of pyridine rings is 1. The number of rotatable bonds is 3. The maximum absolute atomic E-state index is 14.1. The first kappa shape index (κ1) is 22.0.